The minimum absolute atomic E-state index is 0.0264. The van der Waals surface area contributed by atoms with Crippen LogP contribution in [0.2, 0.25) is 0 Å². The zero-order valence-corrected chi connectivity index (χ0v) is 26.6. The number of urea groups is 1. The minimum Gasteiger partial charge on any atom is -0.317 e. The zero-order valence-electron chi connectivity index (χ0n) is 25.8. The van der Waals surface area contributed by atoms with Crippen molar-refractivity contribution in [3.05, 3.63) is 108 Å². The molecule has 1 saturated heterocycles. The molecule has 1 aromatic heterocycles. The van der Waals surface area contributed by atoms with Gasteiger partial charge < -0.3 is 10.6 Å². The van der Waals surface area contributed by atoms with Gasteiger partial charge in [0.2, 0.25) is 0 Å². The van der Waals surface area contributed by atoms with Crippen LogP contribution in [0, 0.1) is 12.8 Å². The maximum atomic E-state index is 14.0. The number of amides is 2. The predicted octanol–water partition coefficient (Wildman–Crippen LogP) is 7.28. The lowest BCUT2D eigenvalue weighted by Crippen LogP contribution is -2.33. The number of carbonyl (C=O) groups excluding carboxylic acids is 1. The summed E-state index contributed by atoms with van der Waals surface area (Å²) in [5.41, 5.74) is 4.75. The van der Waals surface area contributed by atoms with Gasteiger partial charge in [0, 0.05) is 17.2 Å². The van der Waals surface area contributed by atoms with Crippen LogP contribution in [0.4, 0.5) is 16.3 Å². The first-order valence-corrected chi connectivity index (χ1v) is 16.5. The number of hydrogen-bond donors (Lipinski definition) is 3. The van der Waals surface area contributed by atoms with Gasteiger partial charge >= 0.3 is 6.03 Å². The minimum atomic E-state index is -3.67. The van der Waals surface area contributed by atoms with Crippen LogP contribution in [0.1, 0.15) is 61.2 Å². The second-order valence-corrected chi connectivity index (χ2v) is 14.5. The number of benzene rings is 3. The predicted molar refractivity (Wildman–Crippen MR) is 178 cm³/mol. The largest absolute Gasteiger partial charge is 0.324 e. The van der Waals surface area contributed by atoms with Crippen LogP contribution in [0.5, 0.6) is 0 Å². The number of hydrogen-bond acceptors (Lipinski definition) is 5. The average Bonchev–Trinajstić information content (AvgIpc) is 3.43. The second kappa shape index (κ2) is 12.8. The molecular weight excluding hydrogens is 570 g/mol. The van der Waals surface area contributed by atoms with Crippen LogP contribution in [-0.2, 0) is 15.3 Å². The number of piperidine rings is 1. The van der Waals surface area contributed by atoms with E-state index in [0.29, 0.717) is 22.0 Å². The van der Waals surface area contributed by atoms with Crippen molar-refractivity contribution in [1.29, 1.82) is 0 Å². The van der Waals surface area contributed by atoms with Crippen molar-refractivity contribution in [2.45, 2.75) is 56.1 Å². The summed E-state index contributed by atoms with van der Waals surface area (Å²) in [6.07, 6.45) is 3.23. The topological polar surface area (TPSA) is 105 Å². The monoisotopic (exact) mass is 611 g/mol. The van der Waals surface area contributed by atoms with Gasteiger partial charge in [-0.1, -0.05) is 75.4 Å². The smallest absolute Gasteiger partial charge is 0.317 e. The molecule has 1 aliphatic heterocycles. The van der Waals surface area contributed by atoms with Crippen LogP contribution in [0.25, 0.3) is 11.8 Å². The summed E-state index contributed by atoms with van der Waals surface area (Å²) >= 11 is 0. The number of rotatable bonds is 8. The molecule has 0 aliphatic carbocycles. The number of nitrogens with zero attached hydrogens (tertiary/aromatic N) is 2. The van der Waals surface area contributed by atoms with Gasteiger partial charge in [-0.05, 0) is 86.3 Å². The number of aromatic nitrogens is 2. The second-order valence-electron chi connectivity index (χ2n) is 12.4. The molecule has 2 amide bonds. The van der Waals surface area contributed by atoms with Gasteiger partial charge in [0.05, 0.1) is 21.5 Å². The highest BCUT2D eigenvalue weighted by molar-refractivity contribution is 7.91. The fourth-order valence-corrected chi connectivity index (χ4v) is 7.65. The molecule has 5 rings (SSSR count). The van der Waals surface area contributed by atoms with E-state index in [9.17, 15) is 13.2 Å². The number of aryl methyl sites for hydroxylation is 1. The summed E-state index contributed by atoms with van der Waals surface area (Å²) in [6.45, 7) is 13.6. The fraction of sp³-hybridized carbons (Fsp3) is 0.314. The quantitative estimate of drug-likeness (QED) is 0.194. The zero-order chi connectivity index (χ0) is 31.5. The van der Waals surface area contributed by atoms with Crippen LogP contribution in [-0.4, -0.2) is 37.3 Å². The number of nitrogens with one attached hydrogen (secondary N) is 3. The van der Waals surface area contributed by atoms with Crippen LogP contribution >= 0.6 is 0 Å². The van der Waals surface area contributed by atoms with Crippen LogP contribution < -0.4 is 16.0 Å². The van der Waals surface area contributed by atoms with Crippen molar-refractivity contribution in [3.8, 4) is 5.69 Å². The standard InChI is InChI=1S/C35H41N5O3S/c1-6-25-9-17-30(18-10-25)44(42,43)33(27-19-21-36-22-20-27)26-11-13-28(14-12-26)37-34(41)38-32-23-31(35(3,4)5)39-40(32)29-15-7-24(2)8-16-29/h6-18,23,27,33,36H,1,19-22H2,2-5H3,(H2,37,38,41). The van der Waals surface area contributed by atoms with Gasteiger partial charge in [0.1, 0.15) is 5.82 Å². The van der Waals surface area contributed by atoms with Crippen molar-refractivity contribution < 1.29 is 13.2 Å². The first-order valence-electron chi connectivity index (χ1n) is 15.0. The van der Waals surface area contributed by atoms with E-state index in [1.165, 1.54) is 0 Å². The summed E-state index contributed by atoms with van der Waals surface area (Å²) in [6, 6.07) is 23.4. The number of anilines is 2. The van der Waals surface area contributed by atoms with E-state index in [0.717, 1.165) is 48.4 Å². The molecular formula is C35H41N5O3S. The third-order valence-corrected chi connectivity index (χ3v) is 10.3. The number of sulfone groups is 1. The first kappa shape index (κ1) is 31.2. The summed E-state index contributed by atoms with van der Waals surface area (Å²) in [7, 11) is -3.67. The first-order chi connectivity index (χ1) is 21.0. The van der Waals surface area contributed by atoms with Gasteiger partial charge in [0.15, 0.2) is 9.84 Å². The van der Waals surface area contributed by atoms with Crippen LogP contribution in [0.3, 0.4) is 0 Å². The average molecular weight is 612 g/mol. The van der Waals surface area contributed by atoms with E-state index in [-0.39, 0.29) is 11.3 Å². The Morgan fingerprint density at radius 2 is 1.61 bits per heavy atom. The Balaban J connectivity index is 1.38. The van der Waals surface area contributed by atoms with Crippen LogP contribution in [0.15, 0.2) is 90.3 Å². The molecule has 1 unspecified atom stereocenters. The molecule has 1 atom stereocenters. The van der Waals surface area contributed by atoms with E-state index in [1.807, 2.05) is 49.4 Å². The molecule has 230 valence electrons. The Kier molecular flexibility index (Phi) is 9.08. The number of carbonyl (C=O) groups is 1. The lowest BCUT2D eigenvalue weighted by atomic mass is 9.90. The lowest BCUT2D eigenvalue weighted by Gasteiger charge is -2.31. The Bertz CT molecular complexity index is 1710. The molecule has 9 heteroatoms. The van der Waals surface area contributed by atoms with E-state index < -0.39 is 21.1 Å². The molecule has 0 spiro atoms. The maximum Gasteiger partial charge on any atom is 0.324 e. The Morgan fingerprint density at radius 3 is 2.20 bits per heavy atom. The van der Waals surface area contributed by atoms with E-state index in [4.69, 9.17) is 5.10 Å². The molecule has 3 N–H and O–H groups in total. The highest BCUT2D eigenvalue weighted by atomic mass is 32.2. The molecule has 1 fully saturated rings. The van der Waals surface area contributed by atoms with E-state index >= 15 is 0 Å². The van der Waals surface area contributed by atoms with Crippen molar-refractivity contribution in [2.24, 2.45) is 5.92 Å². The van der Waals surface area contributed by atoms with Gasteiger partial charge in [-0.25, -0.2) is 17.9 Å². The SMILES string of the molecule is C=Cc1ccc(S(=O)(=O)C(c2ccc(NC(=O)Nc3cc(C(C)(C)C)nn3-c3ccc(C)cc3)cc2)C2CCNCC2)cc1. The molecule has 0 saturated carbocycles. The molecule has 1 aliphatic rings. The van der Waals surface area contributed by atoms with Gasteiger partial charge in [-0.2, -0.15) is 5.10 Å². The summed E-state index contributed by atoms with van der Waals surface area (Å²) < 4.78 is 29.7. The highest BCUT2D eigenvalue weighted by Gasteiger charge is 2.36. The van der Waals surface area contributed by atoms with Crippen molar-refractivity contribution in [3.63, 3.8) is 0 Å². The Hall–Kier alpha value is -4.21. The molecule has 4 aromatic rings. The molecule has 3 aromatic carbocycles. The highest BCUT2D eigenvalue weighted by Crippen LogP contribution is 2.40. The van der Waals surface area contributed by atoms with E-state index in [2.05, 4.69) is 43.3 Å². The Morgan fingerprint density at radius 1 is 0.977 bits per heavy atom. The maximum absolute atomic E-state index is 14.0. The van der Waals surface area contributed by atoms with Crippen molar-refractivity contribution in [1.82, 2.24) is 15.1 Å². The lowest BCUT2D eigenvalue weighted by molar-refractivity contribution is 0.262. The Labute approximate surface area is 260 Å². The van der Waals surface area contributed by atoms with Gasteiger partial charge in [-0.15, -0.1) is 0 Å². The molecule has 0 bridgehead atoms. The third-order valence-electron chi connectivity index (χ3n) is 8.09. The summed E-state index contributed by atoms with van der Waals surface area (Å²) in [4.78, 5) is 13.5. The van der Waals surface area contributed by atoms with Crippen molar-refractivity contribution in [2.75, 3.05) is 23.7 Å². The normalized spacial score (nSPS) is 15.0. The molecule has 0 radical (unpaired) electrons. The molecule has 44 heavy (non-hydrogen) atoms. The van der Waals surface area contributed by atoms with Gasteiger partial charge in [0.25, 0.3) is 0 Å². The van der Waals surface area contributed by atoms with Gasteiger partial charge in [-0.3, -0.25) is 5.32 Å². The third kappa shape index (κ3) is 6.95. The van der Waals surface area contributed by atoms with E-state index in [1.54, 1.807) is 47.2 Å². The summed E-state index contributed by atoms with van der Waals surface area (Å²) in [5, 5.41) is 13.3. The van der Waals surface area contributed by atoms with Crippen molar-refractivity contribution >= 4 is 33.4 Å². The summed E-state index contributed by atoms with van der Waals surface area (Å²) in [5.74, 6) is 0.522. The molecule has 8 nitrogen and oxygen atoms in total. The molecule has 2 heterocycles. The fourth-order valence-electron chi connectivity index (χ4n) is 5.55.